The molecule has 0 unspecified atom stereocenters. The summed E-state index contributed by atoms with van der Waals surface area (Å²) < 4.78 is 27.2. The number of aryl methyl sites for hydroxylation is 2. The molecule has 0 spiro atoms. The minimum atomic E-state index is -3.72. The first kappa shape index (κ1) is 20.2. The van der Waals surface area contributed by atoms with Crippen molar-refractivity contribution < 1.29 is 22.8 Å². The zero-order valence-corrected chi connectivity index (χ0v) is 17.4. The van der Waals surface area contributed by atoms with Crippen LogP contribution in [0.5, 0.6) is 0 Å². The fourth-order valence-corrected chi connectivity index (χ4v) is 5.60. The third-order valence-electron chi connectivity index (χ3n) is 5.42. The predicted octanol–water partition coefficient (Wildman–Crippen LogP) is 0.156. The lowest BCUT2D eigenvalue weighted by Crippen LogP contribution is -2.53. The largest absolute Gasteiger partial charge is 0.338 e. The van der Waals surface area contributed by atoms with Crippen molar-refractivity contribution in [1.29, 1.82) is 0 Å². The van der Waals surface area contributed by atoms with E-state index in [4.69, 9.17) is 0 Å². The van der Waals surface area contributed by atoms with Crippen molar-refractivity contribution in [2.24, 2.45) is 0 Å². The van der Waals surface area contributed by atoms with Crippen LogP contribution in [0.2, 0.25) is 0 Å². The molecule has 3 heterocycles. The van der Waals surface area contributed by atoms with Crippen LogP contribution in [0.1, 0.15) is 32.1 Å². The van der Waals surface area contributed by atoms with Crippen LogP contribution in [0, 0.1) is 13.8 Å². The lowest BCUT2D eigenvalue weighted by molar-refractivity contribution is -0.132. The van der Waals surface area contributed by atoms with E-state index in [2.05, 4.69) is 10.2 Å². The van der Waals surface area contributed by atoms with E-state index in [1.807, 2.05) is 0 Å². The molecule has 3 amide bonds. The zero-order valence-electron chi connectivity index (χ0n) is 16.6. The van der Waals surface area contributed by atoms with E-state index in [-0.39, 0.29) is 48.7 Å². The SMILES string of the molecule is Cc1n[nH]c(C)c1S(=O)(=O)N1CCN(C(=O)CN2C(=O)c3ccccc3C2=O)CC1. The van der Waals surface area contributed by atoms with E-state index in [1.165, 1.54) is 9.21 Å². The first-order valence-electron chi connectivity index (χ1n) is 9.46. The molecule has 1 aromatic heterocycles. The van der Waals surface area contributed by atoms with Gasteiger partial charge in [-0.05, 0) is 26.0 Å². The summed E-state index contributed by atoms with van der Waals surface area (Å²) in [5.74, 6) is -1.37. The Labute approximate surface area is 173 Å². The summed E-state index contributed by atoms with van der Waals surface area (Å²) in [5, 5.41) is 6.62. The smallest absolute Gasteiger partial charge is 0.262 e. The third kappa shape index (κ3) is 3.19. The average Bonchev–Trinajstić information content (AvgIpc) is 3.20. The van der Waals surface area contributed by atoms with E-state index in [0.717, 1.165) is 4.90 Å². The van der Waals surface area contributed by atoms with Gasteiger partial charge in [0.15, 0.2) is 0 Å². The highest BCUT2D eigenvalue weighted by Gasteiger charge is 2.38. The average molecular weight is 431 g/mol. The topological polar surface area (TPSA) is 124 Å². The van der Waals surface area contributed by atoms with Gasteiger partial charge in [-0.2, -0.15) is 9.40 Å². The monoisotopic (exact) mass is 431 g/mol. The number of carbonyl (C=O) groups is 3. The number of aromatic amines is 1. The number of amides is 3. The number of H-pyrrole nitrogens is 1. The number of benzene rings is 1. The molecule has 0 saturated carbocycles. The van der Waals surface area contributed by atoms with E-state index in [1.54, 1.807) is 38.1 Å². The first-order chi connectivity index (χ1) is 14.2. The van der Waals surface area contributed by atoms with Crippen LogP contribution in [0.3, 0.4) is 0 Å². The molecule has 2 aliphatic rings. The van der Waals surface area contributed by atoms with Gasteiger partial charge >= 0.3 is 0 Å². The van der Waals surface area contributed by atoms with Gasteiger partial charge in [0.1, 0.15) is 11.4 Å². The molecule has 1 aromatic carbocycles. The molecule has 0 atom stereocenters. The van der Waals surface area contributed by atoms with Crippen LogP contribution < -0.4 is 0 Å². The van der Waals surface area contributed by atoms with Crippen LogP contribution in [0.4, 0.5) is 0 Å². The summed E-state index contributed by atoms with van der Waals surface area (Å²) in [6.07, 6.45) is 0. The molecule has 4 rings (SSSR count). The van der Waals surface area contributed by atoms with Crippen LogP contribution in [0.25, 0.3) is 0 Å². The predicted molar refractivity (Wildman–Crippen MR) is 105 cm³/mol. The van der Waals surface area contributed by atoms with Gasteiger partial charge < -0.3 is 4.90 Å². The molecular weight excluding hydrogens is 410 g/mol. The Balaban J connectivity index is 1.41. The van der Waals surface area contributed by atoms with Crippen molar-refractivity contribution in [3.05, 3.63) is 46.8 Å². The molecule has 10 nitrogen and oxygen atoms in total. The quantitative estimate of drug-likeness (QED) is 0.688. The summed E-state index contributed by atoms with van der Waals surface area (Å²) in [7, 11) is -3.72. The van der Waals surface area contributed by atoms with Crippen molar-refractivity contribution >= 4 is 27.7 Å². The molecule has 0 bridgehead atoms. The minimum absolute atomic E-state index is 0.125. The third-order valence-corrected chi connectivity index (χ3v) is 7.58. The number of nitrogens with one attached hydrogen (secondary N) is 1. The summed E-state index contributed by atoms with van der Waals surface area (Å²) in [4.78, 5) is 40.1. The molecule has 0 aliphatic carbocycles. The number of fused-ring (bicyclic) bond motifs is 1. The molecule has 1 fully saturated rings. The van der Waals surface area contributed by atoms with E-state index < -0.39 is 27.7 Å². The van der Waals surface area contributed by atoms with Crippen LogP contribution in [-0.2, 0) is 14.8 Å². The lowest BCUT2D eigenvalue weighted by Gasteiger charge is -2.34. The Morgan fingerprint density at radius 1 is 1.03 bits per heavy atom. The minimum Gasteiger partial charge on any atom is -0.338 e. The maximum Gasteiger partial charge on any atom is 0.262 e. The standard InChI is InChI=1S/C19H21N5O5S/c1-12-17(13(2)21-20-12)30(28,29)23-9-7-22(8-10-23)16(25)11-24-18(26)14-5-3-4-6-15(14)19(24)27/h3-6H,7-11H2,1-2H3,(H,20,21). The van der Waals surface area contributed by atoms with Gasteiger partial charge in [-0.1, -0.05) is 12.1 Å². The Kier molecular flexibility index (Phi) is 4.94. The number of piperazine rings is 1. The highest BCUT2D eigenvalue weighted by atomic mass is 32.2. The van der Waals surface area contributed by atoms with Gasteiger partial charge in [-0.15, -0.1) is 0 Å². The number of sulfonamides is 1. The Bertz CT molecular complexity index is 1090. The molecule has 1 N–H and O–H groups in total. The summed E-state index contributed by atoms with van der Waals surface area (Å²) in [6.45, 7) is 3.51. The molecule has 0 radical (unpaired) electrons. The first-order valence-corrected chi connectivity index (χ1v) is 10.9. The Morgan fingerprint density at radius 2 is 1.60 bits per heavy atom. The second kappa shape index (κ2) is 7.33. The van der Waals surface area contributed by atoms with Crippen molar-refractivity contribution in [2.45, 2.75) is 18.7 Å². The van der Waals surface area contributed by atoms with Crippen LogP contribution in [0.15, 0.2) is 29.2 Å². The number of carbonyl (C=O) groups excluding carboxylic acids is 3. The second-order valence-corrected chi connectivity index (χ2v) is 9.16. The number of hydrogen-bond donors (Lipinski definition) is 1. The highest BCUT2D eigenvalue weighted by molar-refractivity contribution is 7.89. The van der Waals surface area contributed by atoms with Gasteiger partial charge in [0.2, 0.25) is 15.9 Å². The number of imide groups is 1. The molecule has 2 aliphatic heterocycles. The van der Waals surface area contributed by atoms with Crippen molar-refractivity contribution in [1.82, 2.24) is 24.3 Å². The van der Waals surface area contributed by atoms with Crippen LogP contribution >= 0.6 is 0 Å². The van der Waals surface area contributed by atoms with Crippen LogP contribution in [-0.4, -0.2) is 83.2 Å². The highest BCUT2D eigenvalue weighted by Crippen LogP contribution is 2.24. The number of rotatable bonds is 4. The lowest BCUT2D eigenvalue weighted by atomic mass is 10.1. The van der Waals surface area contributed by atoms with Gasteiger partial charge in [0, 0.05) is 26.2 Å². The fourth-order valence-electron chi connectivity index (χ4n) is 3.85. The van der Waals surface area contributed by atoms with E-state index in [0.29, 0.717) is 11.4 Å². The van der Waals surface area contributed by atoms with E-state index in [9.17, 15) is 22.8 Å². The molecule has 30 heavy (non-hydrogen) atoms. The molecule has 158 valence electrons. The molecular formula is C19H21N5O5S. The van der Waals surface area contributed by atoms with Gasteiger partial charge in [0.25, 0.3) is 11.8 Å². The second-order valence-electron chi connectivity index (χ2n) is 7.29. The maximum absolute atomic E-state index is 12.9. The van der Waals surface area contributed by atoms with Gasteiger partial charge in [0.05, 0.1) is 22.5 Å². The van der Waals surface area contributed by atoms with E-state index >= 15 is 0 Å². The van der Waals surface area contributed by atoms with Crippen molar-refractivity contribution in [3.63, 3.8) is 0 Å². The number of aromatic nitrogens is 2. The molecule has 1 saturated heterocycles. The zero-order chi connectivity index (χ0) is 21.6. The number of hydrogen-bond acceptors (Lipinski definition) is 6. The summed E-state index contributed by atoms with van der Waals surface area (Å²) >= 11 is 0. The Morgan fingerprint density at radius 3 is 2.10 bits per heavy atom. The maximum atomic E-state index is 12.9. The van der Waals surface area contributed by atoms with Crippen molar-refractivity contribution in [2.75, 3.05) is 32.7 Å². The van der Waals surface area contributed by atoms with Crippen molar-refractivity contribution in [3.8, 4) is 0 Å². The number of nitrogens with zero attached hydrogens (tertiary/aromatic N) is 4. The Hall–Kier alpha value is -3.05. The summed E-state index contributed by atoms with van der Waals surface area (Å²) in [6, 6.07) is 6.45. The fraction of sp³-hybridized carbons (Fsp3) is 0.368. The normalized spacial score (nSPS) is 17.5. The molecule has 2 aromatic rings. The van der Waals surface area contributed by atoms with Gasteiger partial charge in [-0.25, -0.2) is 8.42 Å². The molecule has 11 heteroatoms. The summed E-state index contributed by atoms with van der Waals surface area (Å²) in [5.41, 5.74) is 1.45. The van der Waals surface area contributed by atoms with Gasteiger partial charge in [-0.3, -0.25) is 24.4 Å².